The van der Waals surface area contributed by atoms with E-state index in [0.29, 0.717) is 6.42 Å². The van der Waals surface area contributed by atoms with Crippen molar-refractivity contribution in [3.05, 3.63) is 41.5 Å². The minimum Gasteiger partial charge on any atom is -0.323 e. The van der Waals surface area contributed by atoms with Crippen molar-refractivity contribution in [3.63, 3.8) is 0 Å². The van der Waals surface area contributed by atoms with Gasteiger partial charge in [-0.3, -0.25) is 14.5 Å². The van der Waals surface area contributed by atoms with E-state index in [4.69, 9.17) is 0 Å². The predicted molar refractivity (Wildman–Crippen MR) is 83.2 cm³/mol. The third-order valence-electron chi connectivity index (χ3n) is 3.47. The van der Waals surface area contributed by atoms with Crippen LogP contribution >= 0.6 is 0 Å². The molecule has 0 aliphatic carbocycles. The van der Waals surface area contributed by atoms with E-state index in [1.54, 1.807) is 12.4 Å². The molecule has 0 aliphatic rings. The van der Waals surface area contributed by atoms with Crippen LogP contribution in [0.2, 0.25) is 0 Å². The summed E-state index contributed by atoms with van der Waals surface area (Å²) in [5.41, 5.74) is 3.86. The molecule has 5 heteroatoms. The van der Waals surface area contributed by atoms with Crippen molar-refractivity contribution in [2.45, 2.75) is 46.6 Å². The zero-order chi connectivity index (χ0) is 15.2. The van der Waals surface area contributed by atoms with Gasteiger partial charge in [-0.15, -0.1) is 0 Å². The molecule has 2 aromatic rings. The van der Waals surface area contributed by atoms with Crippen molar-refractivity contribution in [3.8, 4) is 0 Å². The highest BCUT2D eigenvalue weighted by molar-refractivity contribution is 5.92. The number of nitrogens with one attached hydrogen (secondary N) is 1. The SMILES string of the molecule is CCCn1nc(C)c(NC(=O)CCc2ccncc2)c1C. The van der Waals surface area contributed by atoms with E-state index >= 15 is 0 Å². The maximum atomic E-state index is 12.1. The lowest BCUT2D eigenvalue weighted by molar-refractivity contribution is -0.116. The van der Waals surface area contributed by atoms with Gasteiger partial charge in [-0.1, -0.05) is 6.92 Å². The number of amides is 1. The fourth-order valence-electron chi connectivity index (χ4n) is 2.32. The summed E-state index contributed by atoms with van der Waals surface area (Å²) >= 11 is 0. The Hall–Kier alpha value is -2.17. The molecule has 0 atom stereocenters. The van der Waals surface area contributed by atoms with Crippen LogP contribution in [0, 0.1) is 13.8 Å². The fraction of sp³-hybridized carbons (Fsp3) is 0.438. The zero-order valence-corrected chi connectivity index (χ0v) is 12.9. The molecule has 0 aromatic carbocycles. The molecule has 0 saturated heterocycles. The molecule has 0 unspecified atom stereocenters. The van der Waals surface area contributed by atoms with Gasteiger partial charge in [0.25, 0.3) is 0 Å². The van der Waals surface area contributed by atoms with E-state index in [1.807, 2.05) is 30.7 Å². The second kappa shape index (κ2) is 7.02. The van der Waals surface area contributed by atoms with Crippen molar-refractivity contribution in [2.75, 3.05) is 5.32 Å². The summed E-state index contributed by atoms with van der Waals surface area (Å²) in [6.45, 7) is 6.91. The number of carbonyl (C=O) groups is 1. The molecule has 0 fully saturated rings. The lowest BCUT2D eigenvalue weighted by Gasteiger charge is -2.06. The first kappa shape index (κ1) is 15.2. The molecule has 2 rings (SSSR count). The number of rotatable bonds is 6. The Morgan fingerprint density at radius 2 is 2.00 bits per heavy atom. The van der Waals surface area contributed by atoms with Crippen molar-refractivity contribution in [2.24, 2.45) is 0 Å². The van der Waals surface area contributed by atoms with Gasteiger partial charge in [0.2, 0.25) is 5.91 Å². The van der Waals surface area contributed by atoms with Crippen LogP contribution in [-0.4, -0.2) is 20.7 Å². The van der Waals surface area contributed by atoms with Crippen LogP contribution < -0.4 is 5.32 Å². The molecule has 0 radical (unpaired) electrons. The number of aryl methyl sites for hydroxylation is 3. The Kier molecular flexibility index (Phi) is 5.09. The molecule has 2 heterocycles. The number of anilines is 1. The summed E-state index contributed by atoms with van der Waals surface area (Å²) in [6, 6.07) is 3.87. The first-order valence-electron chi connectivity index (χ1n) is 7.34. The average molecular weight is 286 g/mol. The van der Waals surface area contributed by atoms with Gasteiger partial charge in [0.05, 0.1) is 17.1 Å². The minimum absolute atomic E-state index is 0.0223. The van der Waals surface area contributed by atoms with E-state index in [-0.39, 0.29) is 5.91 Å². The lowest BCUT2D eigenvalue weighted by atomic mass is 10.1. The third kappa shape index (κ3) is 3.90. The van der Waals surface area contributed by atoms with E-state index in [2.05, 4.69) is 22.3 Å². The van der Waals surface area contributed by atoms with E-state index in [1.165, 1.54) is 0 Å². The smallest absolute Gasteiger partial charge is 0.224 e. The molecule has 1 N–H and O–H groups in total. The van der Waals surface area contributed by atoms with Gasteiger partial charge in [0.1, 0.15) is 0 Å². The maximum absolute atomic E-state index is 12.1. The van der Waals surface area contributed by atoms with Gasteiger partial charge < -0.3 is 5.32 Å². The molecular formula is C16H22N4O. The summed E-state index contributed by atoms with van der Waals surface area (Å²) in [4.78, 5) is 16.1. The second-order valence-electron chi connectivity index (χ2n) is 5.17. The zero-order valence-electron chi connectivity index (χ0n) is 12.9. The number of hydrogen-bond acceptors (Lipinski definition) is 3. The van der Waals surface area contributed by atoms with Gasteiger partial charge in [-0.25, -0.2) is 0 Å². The fourth-order valence-corrected chi connectivity index (χ4v) is 2.32. The number of pyridine rings is 1. The maximum Gasteiger partial charge on any atom is 0.224 e. The highest BCUT2D eigenvalue weighted by atomic mass is 16.1. The Labute approximate surface area is 125 Å². The average Bonchev–Trinajstić information content (AvgIpc) is 2.74. The Balaban J connectivity index is 1.96. The van der Waals surface area contributed by atoms with Crippen molar-refractivity contribution in [1.82, 2.24) is 14.8 Å². The highest BCUT2D eigenvalue weighted by Crippen LogP contribution is 2.20. The van der Waals surface area contributed by atoms with Gasteiger partial charge in [0, 0.05) is 25.4 Å². The predicted octanol–water partition coefficient (Wildman–Crippen LogP) is 2.88. The lowest BCUT2D eigenvalue weighted by Crippen LogP contribution is -2.13. The molecule has 0 aliphatic heterocycles. The molecule has 112 valence electrons. The summed E-state index contributed by atoms with van der Waals surface area (Å²) in [6.07, 6.45) is 5.70. The molecule has 2 aromatic heterocycles. The van der Waals surface area contributed by atoms with Crippen LogP contribution in [0.1, 0.15) is 36.7 Å². The number of carbonyl (C=O) groups excluding carboxylic acids is 1. The topological polar surface area (TPSA) is 59.8 Å². The number of nitrogens with zero attached hydrogens (tertiary/aromatic N) is 3. The first-order chi connectivity index (χ1) is 10.1. The largest absolute Gasteiger partial charge is 0.323 e. The first-order valence-corrected chi connectivity index (χ1v) is 7.34. The molecule has 1 amide bonds. The number of aromatic nitrogens is 3. The Morgan fingerprint density at radius 3 is 2.67 bits per heavy atom. The number of hydrogen-bond donors (Lipinski definition) is 1. The van der Waals surface area contributed by atoms with E-state index in [0.717, 1.165) is 42.0 Å². The van der Waals surface area contributed by atoms with Gasteiger partial charge >= 0.3 is 0 Å². The Bertz CT molecular complexity index is 604. The van der Waals surface area contributed by atoms with Gasteiger partial charge in [-0.05, 0) is 44.4 Å². The normalized spacial score (nSPS) is 10.6. The molecular weight excluding hydrogens is 264 g/mol. The van der Waals surface area contributed by atoms with Crippen LogP contribution in [0.3, 0.4) is 0 Å². The van der Waals surface area contributed by atoms with Crippen LogP contribution in [0.5, 0.6) is 0 Å². The third-order valence-corrected chi connectivity index (χ3v) is 3.47. The molecule has 0 bridgehead atoms. The van der Waals surface area contributed by atoms with Crippen LogP contribution in [-0.2, 0) is 17.8 Å². The van der Waals surface area contributed by atoms with Crippen molar-refractivity contribution in [1.29, 1.82) is 0 Å². The molecule has 5 nitrogen and oxygen atoms in total. The van der Waals surface area contributed by atoms with Crippen LogP contribution in [0.25, 0.3) is 0 Å². The molecule has 0 spiro atoms. The van der Waals surface area contributed by atoms with Gasteiger partial charge in [0.15, 0.2) is 0 Å². The van der Waals surface area contributed by atoms with E-state index in [9.17, 15) is 4.79 Å². The van der Waals surface area contributed by atoms with E-state index < -0.39 is 0 Å². The van der Waals surface area contributed by atoms with Crippen molar-refractivity contribution >= 4 is 11.6 Å². The van der Waals surface area contributed by atoms with Crippen LogP contribution in [0.4, 0.5) is 5.69 Å². The quantitative estimate of drug-likeness (QED) is 0.888. The minimum atomic E-state index is 0.0223. The summed E-state index contributed by atoms with van der Waals surface area (Å²) < 4.78 is 1.95. The summed E-state index contributed by atoms with van der Waals surface area (Å²) in [5, 5.41) is 7.45. The standard InChI is InChI=1S/C16H22N4O/c1-4-11-20-13(3)16(12(2)19-20)18-15(21)6-5-14-7-9-17-10-8-14/h7-10H,4-6,11H2,1-3H3,(H,18,21). The van der Waals surface area contributed by atoms with Crippen molar-refractivity contribution < 1.29 is 4.79 Å². The Morgan fingerprint density at radius 1 is 1.29 bits per heavy atom. The van der Waals surface area contributed by atoms with Gasteiger partial charge in [-0.2, -0.15) is 5.10 Å². The highest BCUT2D eigenvalue weighted by Gasteiger charge is 2.13. The second-order valence-corrected chi connectivity index (χ2v) is 5.17. The summed E-state index contributed by atoms with van der Waals surface area (Å²) in [7, 11) is 0. The molecule has 0 saturated carbocycles. The monoisotopic (exact) mass is 286 g/mol. The van der Waals surface area contributed by atoms with Crippen LogP contribution in [0.15, 0.2) is 24.5 Å². The summed E-state index contributed by atoms with van der Waals surface area (Å²) in [5.74, 6) is 0.0223. The molecule has 21 heavy (non-hydrogen) atoms.